The summed E-state index contributed by atoms with van der Waals surface area (Å²) in [5.74, 6) is -1.21. The Bertz CT molecular complexity index is 192. The van der Waals surface area contributed by atoms with Crippen LogP contribution in [0.1, 0.15) is 0 Å². The molecule has 0 radical (unpaired) electrons. The minimum absolute atomic E-state index is 0.278. The van der Waals surface area contributed by atoms with Gasteiger partial charge in [-0.1, -0.05) is 0 Å². The van der Waals surface area contributed by atoms with Crippen LogP contribution < -0.4 is 0 Å². The molecule has 0 fully saturated rings. The zero-order valence-electron chi connectivity index (χ0n) is 4.14. The standard InChI is InChI=1S/C2H4O4S3/c3-2(1-7)6-9(4,5)8/h7H,1H2,(H,4,5,8). The van der Waals surface area contributed by atoms with Gasteiger partial charge in [-0.05, 0) is 11.7 Å². The maximum atomic E-state index is 10.1. The summed E-state index contributed by atoms with van der Waals surface area (Å²) >= 11 is 6.40. The first kappa shape index (κ1) is 9.12. The summed E-state index contributed by atoms with van der Waals surface area (Å²) in [4.78, 5) is 10.1. The fourth-order valence-electron chi connectivity index (χ4n) is 0.144. The van der Waals surface area contributed by atoms with Crippen molar-refractivity contribution < 1.29 is 17.4 Å². The second-order valence-corrected chi connectivity index (χ2v) is 3.72. The molecule has 7 heteroatoms. The van der Waals surface area contributed by atoms with Crippen LogP contribution in [-0.2, 0) is 18.1 Å². The number of hydrogen-bond acceptors (Lipinski definition) is 5. The van der Waals surface area contributed by atoms with Gasteiger partial charge in [0.2, 0.25) is 0 Å². The summed E-state index contributed by atoms with van der Waals surface area (Å²) in [5, 5.41) is 0. The highest BCUT2D eigenvalue weighted by Gasteiger charge is 2.08. The smallest absolute Gasteiger partial charge is 0.337 e. The van der Waals surface area contributed by atoms with Crippen molar-refractivity contribution in [2.75, 3.05) is 5.75 Å². The minimum Gasteiger partial charge on any atom is -0.337 e. The van der Waals surface area contributed by atoms with E-state index in [9.17, 15) is 13.2 Å². The lowest BCUT2D eigenvalue weighted by atomic mass is 10.8. The number of carbonyl (C=O) groups is 1. The van der Waals surface area contributed by atoms with E-state index >= 15 is 0 Å². The van der Waals surface area contributed by atoms with E-state index < -0.39 is 15.1 Å². The Labute approximate surface area is 62.9 Å². The van der Waals surface area contributed by atoms with Gasteiger partial charge in [0.1, 0.15) is 0 Å². The van der Waals surface area contributed by atoms with Gasteiger partial charge in [-0.25, -0.2) is 4.79 Å². The van der Waals surface area contributed by atoms with Gasteiger partial charge in [0.25, 0.3) is 0 Å². The minimum atomic E-state index is -3.94. The van der Waals surface area contributed by atoms with Crippen LogP contribution in [0.4, 0.5) is 0 Å². The third-order valence-corrected chi connectivity index (χ3v) is 1.21. The average Bonchev–Trinajstić information content (AvgIpc) is 1.62. The second-order valence-electron chi connectivity index (χ2n) is 1.04. The maximum absolute atomic E-state index is 10.1. The zero-order chi connectivity index (χ0) is 7.49. The van der Waals surface area contributed by atoms with Crippen LogP contribution in [0.15, 0.2) is 0 Å². The highest BCUT2D eigenvalue weighted by Crippen LogP contribution is 1.98. The van der Waals surface area contributed by atoms with Crippen molar-refractivity contribution in [2.24, 2.45) is 0 Å². The number of carbonyl (C=O) groups excluding carboxylic acids is 1. The summed E-state index contributed by atoms with van der Waals surface area (Å²) in [7, 11) is -3.94. The van der Waals surface area contributed by atoms with Gasteiger partial charge in [0.05, 0.1) is 5.75 Å². The van der Waals surface area contributed by atoms with Crippen LogP contribution in [0.2, 0.25) is 0 Å². The number of rotatable bonds is 2. The molecule has 0 rings (SSSR count). The highest BCUT2D eigenvalue weighted by atomic mass is 33.1. The summed E-state index contributed by atoms with van der Waals surface area (Å²) < 4.78 is 23.7. The Morgan fingerprint density at radius 3 is 2.11 bits per heavy atom. The molecule has 0 spiro atoms. The lowest BCUT2D eigenvalue weighted by Crippen LogP contribution is -2.08. The van der Waals surface area contributed by atoms with Crippen LogP contribution in [0, 0.1) is 0 Å². The zero-order valence-corrected chi connectivity index (χ0v) is 6.75. The highest BCUT2D eigenvalue weighted by molar-refractivity contribution is 8.61. The molecule has 0 saturated heterocycles. The lowest BCUT2D eigenvalue weighted by molar-refractivity contribution is -0.130. The molecular formula is C2H4O4S3. The molecule has 4 nitrogen and oxygen atoms in total. The van der Waals surface area contributed by atoms with Crippen molar-refractivity contribution in [3.63, 3.8) is 0 Å². The predicted octanol–water partition coefficient (Wildman–Crippen LogP) is -0.366. The average molecular weight is 188 g/mol. The Morgan fingerprint density at radius 1 is 1.56 bits per heavy atom. The molecule has 0 amide bonds. The van der Waals surface area contributed by atoms with E-state index in [0.29, 0.717) is 0 Å². The molecule has 0 saturated carbocycles. The van der Waals surface area contributed by atoms with E-state index in [4.69, 9.17) is 0 Å². The third kappa shape index (κ3) is 6.00. The third-order valence-electron chi connectivity index (χ3n) is 0.327. The molecule has 0 aromatic carbocycles. The molecule has 0 aromatic heterocycles. The first-order valence-corrected chi connectivity index (χ1v) is 4.85. The van der Waals surface area contributed by atoms with E-state index in [1.165, 1.54) is 0 Å². The van der Waals surface area contributed by atoms with E-state index in [1.54, 1.807) is 0 Å². The van der Waals surface area contributed by atoms with Crippen molar-refractivity contribution in [3.8, 4) is 0 Å². The molecule has 54 valence electrons. The molecule has 0 aromatic rings. The molecule has 0 aliphatic rings. The quantitative estimate of drug-likeness (QED) is 0.458. The predicted molar refractivity (Wildman–Crippen MR) is 37.9 cm³/mol. The van der Waals surface area contributed by atoms with Gasteiger partial charge in [-0.2, -0.15) is 21.0 Å². The Kier molecular flexibility index (Phi) is 3.37. The van der Waals surface area contributed by atoms with Crippen LogP contribution in [0.5, 0.6) is 0 Å². The van der Waals surface area contributed by atoms with Crippen LogP contribution in [0.25, 0.3) is 0 Å². The topological polar surface area (TPSA) is 60.4 Å². The monoisotopic (exact) mass is 188 g/mol. The van der Waals surface area contributed by atoms with Gasteiger partial charge in [-0.3, -0.25) is 0 Å². The molecule has 0 atom stereocenters. The first-order valence-electron chi connectivity index (χ1n) is 1.76. The summed E-state index contributed by atoms with van der Waals surface area (Å²) in [5.41, 5.74) is 0. The normalized spacial score (nSPS) is 10.9. The molecule has 0 unspecified atom stereocenters. The van der Waals surface area contributed by atoms with Gasteiger partial charge < -0.3 is 4.18 Å². The van der Waals surface area contributed by atoms with Crippen molar-refractivity contribution in [3.05, 3.63) is 0 Å². The summed E-state index contributed by atoms with van der Waals surface area (Å²) in [6.45, 7) is 0. The largest absolute Gasteiger partial charge is 0.365 e. The Balaban J connectivity index is 3.91. The second kappa shape index (κ2) is 3.33. The SMILES string of the molecule is O=C(CS)OS(=O)(=O)S. The fourth-order valence-corrected chi connectivity index (χ4v) is 0.839. The number of thiol groups is 2. The van der Waals surface area contributed by atoms with Gasteiger partial charge in [0, 0.05) is 0 Å². The van der Waals surface area contributed by atoms with Crippen LogP contribution in [-0.4, -0.2) is 20.1 Å². The van der Waals surface area contributed by atoms with Gasteiger partial charge >= 0.3 is 15.1 Å². The molecular weight excluding hydrogens is 184 g/mol. The van der Waals surface area contributed by atoms with E-state index in [0.717, 1.165) is 0 Å². The molecule has 0 N–H and O–H groups in total. The summed E-state index contributed by atoms with van der Waals surface area (Å²) in [6.07, 6.45) is 0. The molecule has 0 heterocycles. The lowest BCUT2D eigenvalue weighted by Gasteiger charge is -1.94. The van der Waals surface area contributed by atoms with Gasteiger partial charge in [-0.15, -0.1) is 0 Å². The summed E-state index contributed by atoms with van der Waals surface area (Å²) in [6, 6.07) is 0. The van der Waals surface area contributed by atoms with Crippen molar-refractivity contribution in [1.82, 2.24) is 0 Å². The maximum Gasteiger partial charge on any atom is 0.365 e. The Hall–Kier alpha value is 0.120. The Morgan fingerprint density at radius 2 is 2.00 bits per heavy atom. The fraction of sp³-hybridized carbons (Fsp3) is 0.500. The van der Waals surface area contributed by atoms with Gasteiger partial charge in [0.15, 0.2) is 0 Å². The first-order chi connectivity index (χ1) is 3.95. The van der Waals surface area contributed by atoms with Crippen molar-refractivity contribution in [1.29, 1.82) is 0 Å². The van der Waals surface area contributed by atoms with E-state index in [-0.39, 0.29) is 5.75 Å². The molecule has 0 bridgehead atoms. The number of hydrogen-bond donors (Lipinski definition) is 2. The van der Waals surface area contributed by atoms with E-state index in [1.807, 2.05) is 0 Å². The molecule has 9 heavy (non-hydrogen) atoms. The van der Waals surface area contributed by atoms with Crippen LogP contribution in [0.3, 0.4) is 0 Å². The van der Waals surface area contributed by atoms with Crippen molar-refractivity contribution in [2.45, 2.75) is 0 Å². The molecule has 0 aliphatic heterocycles. The van der Waals surface area contributed by atoms with E-state index in [2.05, 4.69) is 28.5 Å². The van der Waals surface area contributed by atoms with Crippen molar-refractivity contribution >= 4 is 39.4 Å². The van der Waals surface area contributed by atoms with Crippen LogP contribution >= 0.6 is 24.3 Å². The molecule has 0 aliphatic carbocycles.